The average molecular weight is 417 g/mol. The van der Waals surface area contributed by atoms with Gasteiger partial charge in [-0.2, -0.15) is 0 Å². The maximum atomic E-state index is 12.8. The number of hydrogen-bond acceptors (Lipinski definition) is 4. The minimum absolute atomic E-state index is 0.106. The molecular weight excluding hydrogens is 396 g/mol. The first-order valence-electron chi connectivity index (χ1n) is 8.94. The van der Waals surface area contributed by atoms with Crippen LogP contribution in [0.3, 0.4) is 0 Å². The van der Waals surface area contributed by atoms with Gasteiger partial charge >= 0.3 is 5.97 Å². The monoisotopic (exact) mass is 416 g/mol. The van der Waals surface area contributed by atoms with Crippen molar-refractivity contribution in [1.82, 2.24) is 0 Å². The van der Waals surface area contributed by atoms with Gasteiger partial charge in [-0.05, 0) is 40.8 Å². The number of ether oxygens (including phenoxy) is 1. The quantitative estimate of drug-likeness (QED) is 0.590. The van der Waals surface area contributed by atoms with Crippen molar-refractivity contribution in [3.8, 4) is 0 Å². The first kappa shape index (κ1) is 17.7. The van der Waals surface area contributed by atoms with Crippen LogP contribution in [0, 0.1) is 5.92 Å². The summed E-state index contributed by atoms with van der Waals surface area (Å²) in [6.07, 6.45) is 1.81. The van der Waals surface area contributed by atoms with Crippen LogP contribution in [-0.4, -0.2) is 22.8 Å². The molecule has 0 saturated carbocycles. The number of fused-ring (bicyclic) bond motifs is 1. The van der Waals surface area contributed by atoms with Gasteiger partial charge in [0.15, 0.2) is 0 Å². The lowest BCUT2D eigenvalue weighted by Gasteiger charge is -2.53. The van der Waals surface area contributed by atoms with Gasteiger partial charge in [0.05, 0.1) is 12.5 Å². The van der Waals surface area contributed by atoms with E-state index in [4.69, 9.17) is 4.74 Å². The maximum absolute atomic E-state index is 12.8. The number of halogens is 1. The molecule has 3 atom stereocenters. The van der Waals surface area contributed by atoms with E-state index in [1.807, 2.05) is 37.3 Å². The zero-order valence-electron chi connectivity index (χ0n) is 14.5. The third-order valence-corrected chi connectivity index (χ3v) is 6.14. The van der Waals surface area contributed by atoms with Crippen molar-refractivity contribution in [3.63, 3.8) is 0 Å². The van der Waals surface area contributed by atoms with Crippen molar-refractivity contribution < 1.29 is 19.7 Å². The second-order valence-electron chi connectivity index (χ2n) is 7.14. The van der Waals surface area contributed by atoms with Crippen LogP contribution in [0.15, 0.2) is 46.9 Å². The van der Waals surface area contributed by atoms with Crippen molar-refractivity contribution in [3.05, 3.63) is 69.2 Å². The van der Waals surface area contributed by atoms with Gasteiger partial charge in [0.25, 0.3) is 0 Å². The molecule has 0 spiro atoms. The maximum Gasteiger partial charge on any atom is 0.312 e. The van der Waals surface area contributed by atoms with Crippen LogP contribution >= 0.6 is 15.9 Å². The van der Waals surface area contributed by atoms with Crippen molar-refractivity contribution in [2.45, 2.75) is 37.4 Å². The normalized spacial score (nSPS) is 28.4. The van der Waals surface area contributed by atoms with Crippen LogP contribution in [0.1, 0.15) is 48.4 Å². The summed E-state index contributed by atoms with van der Waals surface area (Å²) in [5, 5.41) is 23.4. The standard InChI is InChI=1S/C21H21BrO4/c1-2-3-10-26-19(23)18-12-20(24)14-6-4-5-7-15(14)21(18,25)16-9-8-13(22)11-17(16)20/h4-9,11,18,24-25H,2-3,10,12H2,1H3. The number of carbonyl (C=O) groups excluding carboxylic acids is 1. The Balaban J connectivity index is 1.88. The van der Waals surface area contributed by atoms with Crippen LogP contribution in [0.5, 0.6) is 0 Å². The molecular formula is C21H21BrO4. The number of esters is 1. The third-order valence-electron chi connectivity index (χ3n) is 5.65. The lowest BCUT2D eigenvalue weighted by Crippen LogP contribution is -2.57. The van der Waals surface area contributed by atoms with E-state index in [0.717, 1.165) is 17.3 Å². The van der Waals surface area contributed by atoms with E-state index >= 15 is 0 Å². The predicted octanol–water partition coefficient (Wildman–Crippen LogP) is 3.60. The highest BCUT2D eigenvalue weighted by Crippen LogP contribution is 2.60. The zero-order chi connectivity index (χ0) is 18.5. The Morgan fingerprint density at radius 1 is 1.15 bits per heavy atom. The fourth-order valence-corrected chi connectivity index (χ4v) is 4.73. The summed E-state index contributed by atoms with van der Waals surface area (Å²) in [6, 6.07) is 12.7. The Bertz CT molecular complexity index is 880. The second kappa shape index (κ2) is 6.19. The highest BCUT2D eigenvalue weighted by molar-refractivity contribution is 9.10. The lowest BCUT2D eigenvalue weighted by molar-refractivity contribution is -0.167. The molecule has 136 valence electrons. The SMILES string of the molecule is CCCCOC(=O)C1CC2(O)c3ccccc3C1(O)c1ccc(Br)cc12. The molecule has 0 amide bonds. The van der Waals surface area contributed by atoms with Crippen molar-refractivity contribution in [2.75, 3.05) is 6.61 Å². The molecule has 26 heavy (non-hydrogen) atoms. The second-order valence-corrected chi connectivity index (χ2v) is 8.06. The van der Waals surface area contributed by atoms with E-state index in [9.17, 15) is 15.0 Å². The summed E-state index contributed by atoms with van der Waals surface area (Å²) in [6.45, 7) is 2.35. The van der Waals surface area contributed by atoms with Crippen LogP contribution in [0.25, 0.3) is 0 Å². The fraction of sp³-hybridized carbons (Fsp3) is 0.381. The van der Waals surface area contributed by atoms with Gasteiger partial charge in [-0.1, -0.05) is 59.6 Å². The van der Waals surface area contributed by atoms with Crippen LogP contribution < -0.4 is 0 Å². The van der Waals surface area contributed by atoms with E-state index in [1.165, 1.54) is 0 Å². The molecule has 3 aliphatic rings. The first-order chi connectivity index (χ1) is 12.4. The van der Waals surface area contributed by atoms with Gasteiger partial charge in [-0.15, -0.1) is 0 Å². The molecule has 2 aromatic rings. The Kier molecular flexibility index (Phi) is 4.21. The molecule has 0 aliphatic heterocycles. The van der Waals surface area contributed by atoms with Crippen LogP contribution in [-0.2, 0) is 20.7 Å². The molecule has 3 aliphatic carbocycles. The van der Waals surface area contributed by atoms with Crippen LogP contribution in [0.2, 0.25) is 0 Å². The molecule has 4 nitrogen and oxygen atoms in total. The van der Waals surface area contributed by atoms with Crippen molar-refractivity contribution in [2.24, 2.45) is 5.92 Å². The topological polar surface area (TPSA) is 66.8 Å². The molecule has 5 heteroatoms. The van der Waals surface area contributed by atoms with E-state index in [-0.39, 0.29) is 6.42 Å². The highest BCUT2D eigenvalue weighted by atomic mass is 79.9. The van der Waals surface area contributed by atoms with E-state index < -0.39 is 23.1 Å². The first-order valence-corrected chi connectivity index (χ1v) is 9.74. The summed E-state index contributed by atoms with van der Waals surface area (Å²) in [5.41, 5.74) is -0.363. The minimum Gasteiger partial charge on any atom is -0.465 e. The Morgan fingerprint density at radius 2 is 1.85 bits per heavy atom. The summed E-state index contributed by atoms with van der Waals surface area (Å²) >= 11 is 3.45. The Labute approximate surface area is 160 Å². The van der Waals surface area contributed by atoms with Gasteiger partial charge in [0.2, 0.25) is 0 Å². The number of carbonyl (C=O) groups is 1. The number of hydrogen-bond donors (Lipinski definition) is 2. The van der Waals surface area contributed by atoms with Crippen molar-refractivity contribution in [1.29, 1.82) is 0 Å². The summed E-state index contributed by atoms with van der Waals surface area (Å²) in [7, 11) is 0. The summed E-state index contributed by atoms with van der Waals surface area (Å²) < 4.78 is 6.24. The average Bonchev–Trinajstić information content (AvgIpc) is 2.64. The third kappa shape index (κ3) is 2.30. The fourth-order valence-electron chi connectivity index (χ4n) is 4.37. The van der Waals surface area contributed by atoms with E-state index in [1.54, 1.807) is 12.1 Å². The molecule has 0 fully saturated rings. The van der Waals surface area contributed by atoms with Crippen molar-refractivity contribution >= 4 is 21.9 Å². The Morgan fingerprint density at radius 3 is 2.58 bits per heavy atom. The molecule has 2 N–H and O–H groups in total. The van der Waals surface area contributed by atoms with E-state index in [0.29, 0.717) is 28.9 Å². The molecule has 0 heterocycles. The van der Waals surface area contributed by atoms with Crippen LogP contribution in [0.4, 0.5) is 0 Å². The predicted molar refractivity (Wildman–Crippen MR) is 101 cm³/mol. The number of aliphatic hydroxyl groups is 2. The molecule has 3 unspecified atom stereocenters. The highest BCUT2D eigenvalue weighted by Gasteiger charge is 2.62. The van der Waals surface area contributed by atoms with Gasteiger partial charge < -0.3 is 14.9 Å². The number of unbranched alkanes of at least 4 members (excludes halogenated alkanes) is 1. The number of rotatable bonds is 4. The van der Waals surface area contributed by atoms with Gasteiger partial charge in [0, 0.05) is 10.9 Å². The summed E-state index contributed by atoms with van der Waals surface area (Å²) in [4.78, 5) is 12.8. The molecule has 0 radical (unpaired) electrons. The van der Waals surface area contributed by atoms with Gasteiger partial charge in [-0.25, -0.2) is 0 Å². The van der Waals surface area contributed by atoms with E-state index in [2.05, 4.69) is 15.9 Å². The molecule has 2 bridgehead atoms. The largest absolute Gasteiger partial charge is 0.465 e. The smallest absolute Gasteiger partial charge is 0.312 e. The molecule has 0 aromatic heterocycles. The summed E-state index contributed by atoms with van der Waals surface area (Å²) in [5.74, 6) is -1.30. The zero-order valence-corrected chi connectivity index (χ0v) is 16.1. The molecule has 2 aromatic carbocycles. The lowest BCUT2D eigenvalue weighted by atomic mass is 9.54. The van der Waals surface area contributed by atoms with Gasteiger partial charge in [-0.3, -0.25) is 4.79 Å². The minimum atomic E-state index is -1.50. The molecule has 5 rings (SSSR count). The number of benzene rings is 2. The molecule has 0 saturated heterocycles. The Hall–Kier alpha value is -1.69. The van der Waals surface area contributed by atoms with Gasteiger partial charge in [0.1, 0.15) is 11.2 Å².